The fraction of sp³-hybridized carbons (Fsp3) is 0.409. The monoisotopic (exact) mass is 574 g/mol. The number of allylic oxidation sites excluding steroid dienone is 4. The molecule has 26 heavy (non-hydrogen) atoms. The first-order valence-electron chi connectivity index (χ1n) is 8.37. The van der Waals surface area contributed by atoms with Crippen LogP contribution in [0, 0.1) is 6.08 Å². The molecule has 0 bridgehead atoms. The summed E-state index contributed by atoms with van der Waals surface area (Å²) in [6.45, 7) is 14.3. The molecule has 140 valence electrons. The summed E-state index contributed by atoms with van der Waals surface area (Å²) in [7, 11) is -0.185. The van der Waals surface area contributed by atoms with Gasteiger partial charge in [-0.15, -0.1) is 46.8 Å². The summed E-state index contributed by atoms with van der Waals surface area (Å²) in [6, 6.07) is 13.5. The van der Waals surface area contributed by atoms with Gasteiger partial charge >= 0.3 is 25.8 Å². The van der Waals surface area contributed by atoms with Gasteiger partial charge in [-0.25, -0.2) is 12.2 Å². The zero-order chi connectivity index (χ0) is 17.1. The SMILES string of the molecule is CC(C)(C)P(c1cc2ccccc2[cH-]1)C(C)(C)C.[C-]1=CC=CC1.[Cl-].[Cl-].[Hf+4]. The Kier molecular flexibility index (Phi) is 13.0. The van der Waals surface area contributed by atoms with Gasteiger partial charge in [-0.3, -0.25) is 6.08 Å². The number of halogens is 2. The van der Waals surface area contributed by atoms with Crippen molar-refractivity contribution in [3.63, 3.8) is 0 Å². The van der Waals surface area contributed by atoms with Crippen LogP contribution in [0.25, 0.3) is 10.8 Å². The smallest absolute Gasteiger partial charge is 1.00 e. The van der Waals surface area contributed by atoms with Crippen molar-refractivity contribution in [1.82, 2.24) is 0 Å². The topological polar surface area (TPSA) is 0 Å². The Morgan fingerprint density at radius 2 is 1.54 bits per heavy atom. The van der Waals surface area contributed by atoms with Crippen molar-refractivity contribution in [2.45, 2.75) is 58.3 Å². The van der Waals surface area contributed by atoms with Crippen LogP contribution in [0.5, 0.6) is 0 Å². The average Bonchev–Trinajstić information content (AvgIpc) is 3.07. The Labute approximate surface area is 192 Å². The Balaban J connectivity index is 0. The van der Waals surface area contributed by atoms with Gasteiger partial charge in [0.15, 0.2) is 0 Å². The molecule has 0 atom stereocenters. The van der Waals surface area contributed by atoms with E-state index in [1.165, 1.54) is 10.8 Å². The molecule has 0 unspecified atom stereocenters. The molecule has 0 radical (unpaired) electrons. The van der Waals surface area contributed by atoms with E-state index in [1.807, 2.05) is 12.2 Å². The van der Waals surface area contributed by atoms with Crippen LogP contribution in [-0.4, -0.2) is 10.3 Å². The molecule has 1 aliphatic carbocycles. The number of hydrogen-bond donors (Lipinski definition) is 0. The summed E-state index contributed by atoms with van der Waals surface area (Å²) in [5.74, 6) is 0. The minimum atomic E-state index is -0.185. The van der Waals surface area contributed by atoms with E-state index in [2.05, 4.69) is 90.1 Å². The van der Waals surface area contributed by atoms with E-state index >= 15 is 0 Å². The summed E-state index contributed by atoms with van der Waals surface area (Å²) in [4.78, 5) is 0. The molecule has 0 N–H and O–H groups in total. The zero-order valence-corrected chi connectivity index (χ0v) is 22.6. The van der Waals surface area contributed by atoms with E-state index in [4.69, 9.17) is 0 Å². The Bertz CT molecular complexity index is 646. The van der Waals surface area contributed by atoms with E-state index in [9.17, 15) is 0 Å². The second kappa shape index (κ2) is 11.9. The largest absolute Gasteiger partial charge is 4.00 e. The molecule has 0 aromatic heterocycles. The van der Waals surface area contributed by atoms with Crippen molar-refractivity contribution < 1.29 is 50.7 Å². The van der Waals surface area contributed by atoms with E-state index < -0.39 is 0 Å². The van der Waals surface area contributed by atoms with Gasteiger partial charge in [0, 0.05) is 0 Å². The van der Waals surface area contributed by atoms with Crippen LogP contribution in [0.4, 0.5) is 0 Å². The second-order valence-electron chi connectivity index (χ2n) is 8.02. The average molecular weight is 574 g/mol. The normalized spacial score (nSPS) is 12.7. The van der Waals surface area contributed by atoms with Gasteiger partial charge in [-0.05, 0) is 10.3 Å². The van der Waals surface area contributed by atoms with Crippen molar-refractivity contribution in [3.05, 3.63) is 60.7 Å². The van der Waals surface area contributed by atoms with Gasteiger partial charge < -0.3 is 24.8 Å². The maximum absolute atomic E-state index is 2.99. The molecule has 4 heteroatoms. The van der Waals surface area contributed by atoms with Crippen LogP contribution in [0.3, 0.4) is 0 Å². The molecular formula is C22H29Cl2HfP. The standard InChI is InChI=1S/C17H24P.C5H5.2ClH.Hf/c1-16(2,3)18(17(4,5)6)15-11-13-9-7-8-10-14(13)12-15;1-2-4-5-3-1;;;/h7-12H,1-6H3;1-3H,4H2;2*1H;/q2*-1;;;+4/p-2. The molecule has 0 spiro atoms. The molecule has 0 fully saturated rings. The van der Waals surface area contributed by atoms with Gasteiger partial charge in [0.05, 0.1) is 0 Å². The molecule has 0 heterocycles. The first kappa shape index (κ1) is 28.4. The van der Waals surface area contributed by atoms with Gasteiger partial charge in [-0.2, -0.15) is 12.1 Å². The summed E-state index contributed by atoms with van der Waals surface area (Å²) < 4.78 is 0. The zero-order valence-electron chi connectivity index (χ0n) is 16.6. The van der Waals surface area contributed by atoms with Gasteiger partial charge in [-0.1, -0.05) is 55.5 Å². The third kappa shape index (κ3) is 8.05. The Morgan fingerprint density at radius 1 is 0.962 bits per heavy atom. The number of fused-ring (bicyclic) bond motifs is 1. The maximum Gasteiger partial charge on any atom is 4.00 e. The minimum absolute atomic E-state index is 0. The molecule has 0 aliphatic heterocycles. The summed E-state index contributed by atoms with van der Waals surface area (Å²) in [5.41, 5.74) is 0. The molecule has 0 nitrogen and oxygen atoms in total. The van der Waals surface area contributed by atoms with Crippen molar-refractivity contribution in [1.29, 1.82) is 0 Å². The van der Waals surface area contributed by atoms with Crippen LogP contribution in [0.2, 0.25) is 0 Å². The predicted octanol–water partition coefficient (Wildman–Crippen LogP) is 0.574. The van der Waals surface area contributed by atoms with Gasteiger partial charge in [0.2, 0.25) is 0 Å². The molecule has 2 aromatic carbocycles. The third-order valence-corrected chi connectivity index (χ3v) is 7.25. The fourth-order valence-corrected chi connectivity index (χ4v) is 7.48. The minimum Gasteiger partial charge on any atom is -1.00 e. The van der Waals surface area contributed by atoms with E-state index in [1.54, 1.807) is 5.30 Å². The maximum atomic E-state index is 2.99. The van der Waals surface area contributed by atoms with Gasteiger partial charge in [0.25, 0.3) is 0 Å². The number of hydrogen-bond acceptors (Lipinski definition) is 0. The van der Waals surface area contributed by atoms with Crippen LogP contribution in [0.1, 0.15) is 48.0 Å². The first-order chi connectivity index (χ1) is 10.7. The van der Waals surface area contributed by atoms with Gasteiger partial charge in [0.1, 0.15) is 0 Å². The van der Waals surface area contributed by atoms with Crippen molar-refractivity contribution in [2.24, 2.45) is 0 Å². The van der Waals surface area contributed by atoms with Crippen molar-refractivity contribution in [3.8, 4) is 0 Å². The molecule has 0 saturated heterocycles. The molecule has 3 rings (SSSR count). The molecule has 0 saturated carbocycles. The second-order valence-corrected chi connectivity index (χ2v) is 11.9. The first-order valence-corrected chi connectivity index (χ1v) is 9.71. The van der Waals surface area contributed by atoms with E-state index in [0.29, 0.717) is 10.3 Å². The predicted molar refractivity (Wildman–Crippen MR) is 107 cm³/mol. The summed E-state index contributed by atoms with van der Waals surface area (Å²) >= 11 is 0. The molecule has 0 amide bonds. The molecule has 1 aliphatic rings. The molecule has 2 aromatic rings. The third-order valence-electron chi connectivity index (χ3n) is 3.79. The van der Waals surface area contributed by atoms with Crippen LogP contribution < -0.4 is 30.1 Å². The fourth-order valence-electron chi connectivity index (χ4n) is 3.38. The number of rotatable bonds is 1. The van der Waals surface area contributed by atoms with Crippen LogP contribution >= 0.6 is 7.92 Å². The quantitative estimate of drug-likeness (QED) is 0.266. The van der Waals surface area contributed by atoms with Crippen LogP contribution in [0.15, 0.2) is 54.6 Å². The van der Waals surface area contributed by atoms with E-state index in [0.717, 1.165) is 6.42 Å². The summed E-state index contributed by atoms with van der Waals surface area (Å²) in [5, 5.41) is 5.00. The van der Waals surface area contributed by atoms with Crippen LogP contribution in [-0.2, 0) is 25.8 Å². The van der Waals surface area contributed by atoms with E-state index in [-0.39, 0.29) is 58.6 Å². The molecular weight excluding hydrogens is 545 g/mol. The summed E-state index contributed by atoms with van der Waals surface area (Å²) in [6.07, 6.45) is 10.0. The van der Waals surface area contributed by atoms with Crippen molar-refractivity contribution >= 4 is 24.0 Å². The number of benzene rings is 1. The Morgan fingerprint density at radius 3 is 1.92 bits per heavy atom. The van der Waals surface area contributed by atoms with Crippen molar-refractivity contribution in [2.75, 3.05) is 0 Å². The Hall–Kier alpha value is 0.190.